The summed E-state index contributed by atoms with van der Waals surface area (Å²) in [5.41, 5.74) is 2.78. The van der Waals surface area contributed by atoms with Gasteiger partial charge in [-0.1, -0.05) is 55.2 Å². The zero-order valence-corrected chi connectivity index (χ0v) is 14.7. The molecular formula is C18H19Cl2NO2. The number of ether oxygens (including phenoxy) is 1. The molecule has 2 rings (SSSR count). The highest BCUT2D eigenvalue weighted by Gasteiger charge is 2.14. The van der Waals surface area contributed by atoms with Gasteiger partial charge in [0.2, 0.25) is 0 Å². The molecule has 0 aliphatic rings. The Morgan fingerprint density at radius 2 is 1.78 bits per heavy atom. The molecule has 0 aliphatic carbocycles. The molecule has 0 aromatic heterocycles. The van der Waals surface area contributed by atoms with Gasteiger partial charge in [-0.25, -0.2) is 0 Å². The maximum absolute atomic E-state index is 12.2. The number of halogens is 2. The molecule has 1 amide bonds. The first-order valence-electron chi connectivity index (χ1n) is 7.54. The molecule has 0 spiro atoms. The molecule has 0 saturated heterocycles. The lowest BCUT2D eigenvalue weighted by molar-refractivity contribution is -0.118. The van der Waals surface area contributed by atoms with Crippen LogP contribution < -0.4 is 10.1 Å². The Hall–Kier alpha value is -1.71. The first-order chi connectivity index (χ1) is 11.1. The minimum Gasteiger partial charge on any atom is -0.482 e. The molecule has 122 valence electrons. The SMILES string of the molecule is CCc1ccc(Cl)c(CC)c1NC(=O)COc1ccccc1Cl. The topological polar surface area (TPSA) is 38.3 Å². The third-order valence-electron chi connectivity index (χ3n) is 3.54. The van der Waals surface area contributed by atoms with Crippen molar-refractivity contribution in [1.29, 1.82) is 0 Å². The zero-order chi connectivity index (χ0) is 16.8. The van der Waals surface area contributed by atoms with Crippen LogP contribution in [-0.4, -0.2) is 12.5 Å². The van der Waals surface area contributed by atoms with Crippen molar-refractivity contribution in [3.05, 3.63) is 57.6 Å². The highest BCUT2D eigenvalue weighted by atomic mass is 35.5. The highest BCUT2D eigenvalue weighted by Crippen LogP contribution is 2.29. The number of hydrogen-bond acceptors (Lipinski definition) is 2. The lowest BCUT2D eigenvalue weighted by atomic mass is 10.0. The van der Waals surface area contributed by atoms with E-state index in [1.165, 1.54) is 0 Å². The number of aryl methyl sites for hydroxylation is 1. The van der Waals surface area contributed by atoms with E-state index in [9.17, 15) is 4.79 Å². The Bertz CT molecular complexity index is 701. The number of nitrogens with one attached hydrogen (secondary N) is 1. The number of carbonyl (C=O) groups is 1. The van der Waals surface area contributed by atoms with Crippen LogP contribution in [0.3, 0.4) is 0 Å². The highest BCUT2D eigenvalue weighted by molar-refractivity contribution is 6.32. The summed E-state index contributed by atoms with van der Waals surface area (Å²) in [6.07, 6.45) is 1.55. The van der Waals surface area contributed by atoms with E-state index in [-0.39, 0.29) is 12.5 Å². The lowest BCUT2D eigenvalue weighted by Gasteiger charge is -2.16. The van der Waals surface area contributed by atoms with Gasteiger partial charge in [-0.3, -0.25) is 4.79 Å². The first-order valence-corrected chi connectivity index (χ1v) is 8.29. The summed E-state index contributed by atoms with van der Waals surface area (Å²) in [5.74, 6) is 0.249. The molecule has 23 heavy (non-hydrogen) atoms. The predicted molar refractivity (Wildman–Crippen MR) is 95.8 cm³/mol. The summed E-state index contributed by atoms with van der Waals surface area (Å²) in [4.78, 5) is 12.2. The van der Waals surface area contributed by atoms with Crippen molar-refractivity contribution in [3.8, 4) is 5.75 Å². The van der Waals surface area contributed by atoms with E-state index < -0.39 is 0 Å². The third kappa shape index (κ3) is 4.40. The fourth-order valence-electron chi connectivity index (χ4n) is 2.35. The molecule has 3 nitrogen and oxygen atoms in total. The summed E-state index contributed by atoms with van der Waals surface area (Å²) in [5, 5.41) is 4.06. The van der Waals surface area contributed by atoms with Crippen molar-refractivity contribution in [3.63, 3.8) is 0 Å². The summed E-state index contributed by atoms with van der Waals surface area (Å²) in [6.45, 7) is 3.94. The average molecular weight is 352 g/mol. The van der Waals surface area contributed by atoms with Gasteiger partial charge in [-0.2, -0.15) is 0 Å². The quantitative estimate of drug-likeness (QED) is 0.782. The molecule has 5 heteroatoms. The second-order valence-corrected chi connectivity index (χ2v) is 5.85. The molecular weight excluding hydrogens is 333 g/mol. The van der Waals surface area contributed by atoms with Crippen molar-refractivity contribution in [2.24, 2.45) is 0 Å². The second kappa shape index (κ2) is 8.23. The van der Waals surface area contributed by atoms with E-state index in [0.29, 0.717) is 15.8 Å². The molecule has 0 saturated carbocycles. The average Bonchev–Trinajstić information content (AvgIpc) is 2.54. The molecule has 0 heterocycles. The van der Waals surface area contributed by atoms with Gasteiger partial charge in [0.05, 0.1) is 5.02 Å². The van der Waals surface area contributed by atoms with Crippen LogP contribution in [0.25, 0.3) is 0 Å². The van der Waals surface area contributed by atoms with Crippen LogP contribution in [0.15, 0.2) is 36.4 Å². The Morgan fingerprint density at radius 1 is 1.04 bits per heavy atom. The van der Waals surface area contributed by atoms with Crippen molar-refractivity contribution in [2.75, 3.05) is 11.9 Å². The number of rotatable bonds is 6. The fraction of sp³-hybridized carbons (Fsp3) is 0.278. The molecule has 0 atom stereocenters. The van der Waals surface area contributed by atoms with Gasteiger partial charge >= 0.3 is 0 Å². The number of amides is 1. The Kier molecular flexibility index (Phi) is 6.31. The van der Waals surface area contributed by atoms with E-state index in [2.05, 4.69) is 5.32 Å². The lowest BCUT2D eigenvalue weighted by Crippen LogP contribution is -2.22. The fourth-order valence-corrected chi connectivity index (χ4v) is 2.83. The van der Waals surface area contributed by atoms with Gasteiger partial charge in [0.15, 0.2) is 6.61 Å². The molecule has 2 aromatic rings. The van der Waals surface area contributed by atoms with E-state index >= 15 is 0 Å². The van der Waals surface area contributed by atoms with Crippen molar-refractivity contribution >= 4 is 34.8 Å². The van der Waals surface area contributed by atoms with E-state index in [4.69, 9.17) is 27.9 Å². The van der Waals surface area contributed by atoms with E-state index in [1.54, 1.807) is 18.2 Å². The largest absolute Gasteiger partial charge is 0.482 e. The summed E-state index contributed by atoms with van der Waals surface area (Å²) in [7, 11) is 0. The van der Waals surface area contributed by atoms with E-state index in [1.807, 2.05) is 32.0 Å². The van der Waals surface area contributed by atoms with Gasteiger partial charge < -0.3 is 10.1 Å². The van der Waals surface area contributed by atoms with Crippen LogP contribution in [-0.2, 0) is 17.6 Å². The standard InChI is InChI=1S/C18H19Cl2NO2/c1-3-12-9-10-14(19)13(4-2)18(12)21-17(22)11-23-16-8-6-5-7-15(16)20/h5-10H,3-4,11H2,1-2H3,(H,21,22). The normalized spacial score (nSPS) is 10.4. The molecule has 1 N–H and O–H groups in total. The number of anilines is 1. The maximum atomic E-state index is 12.2. The third-order valence-corrected chi connectivity index (χ3v) is 4.20. The predicted octanol–water partition coefficient (Wildman–Crippen LogP) is 5.14. The number of carbonyl (C=O) groups excluding carboxylic acids is 1. The number of benzene rings is 2. The van der Waals surface area contributed by atoms with Crippen LogP contribution in [0, 0.1) is 0 Å². The smallest absolute Gasteiger partial charge is 0.262 e. The van der Waals surface area contributed by atoms with Crippen molar-refractivity contribution in [2.45, 2.75) is 26.7 Å². The Morgan fingerprint density at radius 3 is 2.43 bits per heavy atom. The number of para-hydroxylation sites is 1. The summed E-state index contributed by atoms with van der Waals surface area (Å²) >= 11 is 12.2. The molecule has 0 unspecified atom stereocenters. The van der Waals surface area contributed by atoms with Crippen LogP contribution >= 0.6 is 23.2 Å². The Balaban J connectivity index is 2.11. The van der Waals surface area contributed by atoms with Gasteiger partial charge in [0.1, 0.15) is 5.75 Å². The number of hydrogen-bond donors (Lipinski definition) is 1. The van der Waals surface area contributed by atoms with Gasteiger partial charge in [-0.05, 0) is 42.2 Å². The van der Waals surface area contributed by atoms with Crippen LogP contribution in [0.1, 0.15) is 25.0 Å². The zero-order valence-electron chi connectivity index (χ0n) is 13.2. The van der Waals surface area contributed by atoms with E-state index in [0.717, 1.165) is 29.7 Å². The maximum Gasteiger partial charge on any atom is 0.262 e. The van der Waals surface area contributed by atoms with Gasteiger partial charge in [0.25, 0.3) is 5.91 Å². The summed E-state index contributed by atoms with van der Waals surface area (Å²) < 4.78 is 5.47. The van der Waals surface area contributed by atoms with Gasteiger partial charge in [-0.15, -0.1) is 0 Å². The van der Waals surface area contributed by atoms with Crippen LogP contribution in [0.2, 0.25) is 10.0 Å². The van der Waals surface area contributed by atoms with Crippen LogP contribution in [0.4, 0.5) is 5.69 Å². The minimum absolute atomic E-state index is 0.109. The van der Waals surface area contributed by atoms with Crippen molar-refractivity contribution in [1.82, 2.24) is 0 Å². The molecule has 2 aromatic carbocycles. The second-order valence-electron chi connectivity index (χ2n) is 5.03. The van der Waals surface area contributed by atoms with Crippen molar-refractivity contribution < 1.29 is 9.53 Å². The molecule has 0 bridgehead atoms. The molecule has 0 fully saturated rings. The monoisotopic (exact) mass is 351 g/mol. The van der Waals surface area contributed by atoms with Gasteiger partial charge in [0, 0.05) is 10.7 Å². The molecule has 0 radical (unpaired) electrons. The first kappa shape index (κ1) is 17.6. The summed E-state index contributed by atoms with van der Waals surface area (Å²) in [6, 6.07) is 10.9. The molecule has 0 aliphatic heterocycles. The Labute approximate surface area is 146 Å². The minimum atomic E-state index is -0.239. The van der Waals surface area contributed by atoms with Crippen LogP contribution in [0.5, 0.6) is 5.75 Å².